The first-order valence-corrected chi connectivity index (χ1v) is 14.0. The van der Waals surface area contributed by atoms with Crippen LogP contribution in [-0.2, 0) is 24.9 Å². The number of rotatable bonds is 8. The molecule has 0 saturated heterocycles. The molecule has 0 spiro atoms. The Hall–Kier alpha value is -3.27. The van der Waals surface area contributed by atoms with Crippen molar-refractivity contribution in [2.75, 3.05) is 0 Å². The van der Waals surface area contributed by atoms with Crippen molar-refractivity contribution in [1.82, 2.24) is 4.98 Å². The van der Waals surface area contributed by atoms with Crippen LogP contribution in [0.15, 0.2) is 83.1 Å². The summed E-state index contributed by atoms with van der Waals surface area (Å²) in [6, 6.07) is 24.4. The molecule has 5 rings (SSSR count). The van der Waals surface area contributed by atoms with Crippen molar-refractivity contribution in [2.45, 2.75) is 60.3 Å². The van der Waals surface area contributed by atoms with Crippen molar-refractivity contribution in [3.63, 3.8) is 0 Å². The van der Waals surface area contributed by atoms with Crippen LogP contribution in [0.2, 0.25) is 0 Å². The van der Waals surface area contributed by atoms with Gasteiger partial charge in [-0.1, -0.05) is 91.9 Å². The van der Waals surface area contributed by atoms with Gasteiger partial charge in [0.2, 0.25) is 0 Å². The van der Waals surface area contributed by atoms with E-state index in [1.165, 1.54) is 16.8 Å². The number of hydrogen-bond acceptors (Lipinski definition) is 4. The fourth-order valence-electron chi connectivity index (χ4n) is 5.22. The summed E-state index contributed by atoms with van der Waals surface area (Å²) in [4.78, 5) is 16.4. The molecule has 0 amide bonds. The van der Waals surface area contributed by atoms with Gasteiger partial charge in [-0.05, 0) is 44.7 Å². The number of hydrogen-bond donors (Lipinski definition) is 1. The van der Waals surface area contributed by atoms with Gasteiger partial charge in [0.05, 0.1) is 5.76 Å². The minimum absolute atomic E-state index is 0. The SMILES string of the molecule is CCC(CC)C(=O)/C=C(\O)C(CC)CC.Cc1cc2c(-c3[c-]c4ccccc4c4ccccc34)nccc2o1.[Ir]. The maximum Gasteiger partial charge on any atom is 0.162 e. The molecule has 2 heterocycles. The fourth-order valence-corrected chi connectivity index (χ4v) is 5.22. The van der Waals surface area contributed by atoms with Gasteiger partial charge < -0.3 is 9.52 Å². The Morgan fingerprint density at radius 3 is 2.12 bits per heavy atom. The van der Waals surface area contributed by atoms with Crippen molar-refractivity contribution >= 4 is 38.3 Å². The van der Waals surface area contributed by atoms with Crippen LogP contribution in [0.5, 0.6) is 0 Å². The van der Waals surface area contributed by atoms with Crippen LogP contribution in [0.3, 0.4) is 0 Å². The Bertz CT molecular complexity index is 1610. The predicted molar refractivity (Wildman–Crippen MR) is 162 cm³/mol. The van der Waals surface area contributed by atoms with Crippen LogP contribution < -0.4 is 0 Å². The molecule has 1 radical (unpaired) electrons. The minimum Gasteiger partial charge on any atom is -0.512 e. The van der Waals surface area contributed by atoms with Gasteiger partial charge in [0.15, 0.2) is 5.78 Å². The number of benzene rings is 3. The van der Waals surface area contributed by atoms with E-state index in [2.05, 4.69) is 59.6 Å². The molecule has 0 atom stereocenters. The molecule has 0 aliphatic heterocycles. The van der Waals surface area contributed by atoms with Gasteiger partial charge in [-0.3, -0.25) is 9.78 Å². The molecule has 5 aromatic rings. The zero-order valence-corrected chi connectivity index (χ0v) is 26.4. The molecule has 0 aliphatic carbocycles. The number of allylic oxidation sites excluding steroid dienone is 2. The van der Waals surface area contributed by atoms with Crippen molar-refractivity contribution in [3.05, 3.63) is 90.5 Å². The van der Waals surface area contributed by atoms with Crippen molar-refractivity contribution in [1.29, 1.82) is 0 Å². The van der Waals surface area contributed by atoms with E-state index >= 15 is 0 Å². The molecule has 211 valence electrons. The van der Waals surface area contributed by atoms with Gasteiger partial charge in [-0.2, -0.15) is 0 Å². The summed E-state index contributed by atoms with van der Waals surface area (Å²) < 4.78 is 5.78. The van der Waals surface area contributed by atoms with Crippen molar-refractivity contribution < 1.29 is 34.4 Å². The molecule has 0 bridgehead atoms. The first-order chi connectivity index (χ1) is 18.9. The van der Waals surface area contributed by atoms with Crippen molar-refractivity contribution in [2.24, 2.45) is 11.8 Å². The number of furan rings is 1. The molecule has 40 heavy (non-hydrogen) atoms. The van der Waals surface area contributed by atoms with Crippen LogP contribution in [0.4, 0.5) is 0 Å². The average Bonchev–Trinajstić information content (AvgIpc) is 3.34. The Balaban J connectivity index is 0.000000243. The zero-order chi connectivity index (χ0) is 27.9. The topological polar surface area (TPSA) is 63.3 Å². The Kier molecular flexibility index (Phi) is 11.2. The smallest absolute Gasteiger partial charge is 0.162 e. The van der Waals surface area contributed by atoms with Crippen LogP contribution >= 0.6 is 0 Å². The molecule has 3 aromatic carbocycles. The van der Waals surface area contributed by atoms with Crippen LogP contribution in [0.25, 0.3) is 43.8 Å². The van der Waals surface area contributed by atoms with E-state index in [-0.39, 0.29) is 43.5 Å². The van der Waals surface area contributed by atoms with E-state index in [0.29, 0.717) is 0 Å². The molecule has 2 aromatic heterocycles. The quantitative estimate of drug-likeness (QED) is 0.0753. The van der Waals surface area contributed by atoms with Crippen LogP contribution in [-0.4, -0.2) is 15.9 Å². The standard InChI is InChI=1S/C22H14NO.C13H24O2.Ir/c1-14-12-20-21(24-14)10-11-23-22(20)19-13-15-6-2-3-7-16(15)17-8-4-5-9-18(17)19;1-5-10(6-2)12(14)9-13(15)11(7-3)8-4;/h2-12H,1H3;9-11,14H,5-8H2,1-4H3;/q-1;;/b;12-9-;. The number of aliphatic hydroxyl groups is 1. The summed E-state index contributed by atoms with van der Waals surface area (Å²) in [5.74, 6) is 1.44. The third-order valence-electron chi connectivity index (χ3n) is 7.56. The number of aryl methyl sites for hydroxylation is 1. The zero-order valence-electron chi connectivity index (χ0n) is 24.0. The van der Waals surface area contributed by atoms with Gasteiger partial charge in [-0.25, -0.2) is 0 Å². The minimum atomic E-state index is 0. The molecule has 1 N–H and O–H groups in total. The van der Waals surface area contributed by atoms with Gasteiger partial charge in [-0.15, -0.1) is 17.5 Å². The number of aromatic nitrogens is 1. The van der Waals surface area contributed by atoms with E-state index in [9.17, 15) is 9.90 Å². The molecule has 0 fully saturated rings. The average molecular weight is 713 g/mol. The molecular weight excluding hydrogens is 675 g/mol. The Morgan fingerprint density at radius 1 is 0.875 bits per heavy atom. The molecule has 0 aliphatic rings. The number of nitrogens with zero attached hydrogens (tertiary/aromatic N) is 1. The van der Waals surface area contributed by atoms with E-state index < -0.39 is 0 Å². The summed E-state index contributed by atoms with van der Waals surface area (Å²) >= 11 is 0. The largest absolute Gasteiger partial charge is 0.512 e. The number of aliphatic hydroxyl groups excluding tert-OH is 1. The van der Waals surface area contributed by atoms with E-state index in [0.717, 1.165) is 64.4 Å². The van der Waals surface area contributed by atoms with Crippen LogP contribution in [0, 0.1) is 24.8 Å². The van der Waals surface area contributed by atoms with E-state index in [4.69, 9.17) is 4.42 Å². The number of fused-ring (bicyclic) bond motifs is 4. The predicted octanol–water partition coefficient (Wildman–Crippen LogP) is 9.78. The molecular formula is C35H38IrNO3-. The third-order valence-corrected chi connectivity index (χ3v) is 7.56. The second-order valence-electron chi connectivity index (χ2n) is 10.0. The van der Waals surface area contributed by atoms with E-state index in [1.54, 1.807) is 6.20 Å². The van der Waals surface area contributed by atoms with Gasteiger partial charge in [0.25, 0.3) is 0 Å². The van der Waals surface area contributed by atoms with Gasteiger partial charge in [0.1, 0.15) is 11.3 Å². The summed E-state index contributed by atoms with van der Waals surface area (Å²) in [5, 5.41) is 15.5. The normalized spacial score (nSPS) is 11.6. The maximum atomic E-state index is 11.7. The summed E-state index contributed by atoms with van der Waals surface area (Å²) in [5.41, 5.74) is 2.81. The number of carbonyl (C=O) groups is 1. The van der Waals surface area contributed by atoms with Gasteiger partial charge >= 0.3 is 0 Å². The summed E-state index contributed by atoms with van der Waals surface area (Å²) in [7, 11) is 0. The molecule has 5 heteroatoms. The number of ketones is 1. The molecule has 0 unspecified atom stereocenters. The second-order valence-corrected chi connectivity index (χ2v) is 10.0. The monoisotopic (exact) mass is 713 g/mol. The van der Waals surface area contributed by atoms with Crippen LogP contribution in [0.1, 0.15) is 59.1 Å². The Morgan fingerprint density at radius 2 is 1.48 bits per heavy atom. The van der Waals surface area contributed by atoms with Gasteiger partial charge in [0, 0.05) is 55.3 Å². The first kappa shape index (κ1) is 31.3. The van der Waals surface area contributed by atoms with E-state index in [1.807, 2.05) is 46.8 Å². The summed E-state index contributed by atoms with van der Waals surface area (Å²) in [6.07, 6.45) is 6.71. The third kappa shape index (κ3) is 6.71. The number of pyridine rings is 1. The number of carbonyl (C=O) groups excluding carboxylic acids is 1. The maximum absolute atomic E-state index is 11.7. The fraction of sp³-hybridized carbons (Fsp3) is 0.314. The first-order valence-electron chi connectivity index (χ1n) is 14.0. The molecule has 0 saturated carbocycles. The van der Waals surface area contributed by atoms with Crippen molar-refractivity contribution in [3.8, 4) is 11.3 Å². The summed E-state index contributed by atoms with van der Waals surface area (Å²) in [6.45, 7) is 10.0. The molecule has 4 nitrogen and oxygen atoms in total. The Labute approximate surface area is 250 Å². The second kappa shape index (κ2) is 14.4.